The highest BCUT2D eigenvalue weighted by Gasteiger charge is 2.24. The molecule has 1 unspecified atom stereocenters. The molecule has 114 valence electrons. The molecule has 1 N–H and O–H groups in total. The van der Waals surface area contributed by atoms with E-state index in [-0.39, 0.29) is 5.78 Å². The average Bonchev–Trinajstić information content (AvgIpc) is 2.32. The molecule has 0 bridgehead atoms. The summed E-state index contributed by atoms with van der Waals surface area (Å²) in [5.41, 5.74) is 1.58. The van der Waals surface area contributed by atoms with Crippen LogP contribution >= 0.6 is 0 Å². The molecule has 0 aliphatic rings. The SMILES string of the molecule is C=C(C(C)=O)C(NC(=O)OC(C)(C)C)c1cccc(C)c1. The standard InChI is InChI=1S/C17H23NO3/c1-11-8-7-9-14(10-11)15(12(2)13(3)19)18-16(20)21-17(4,5)6/h7-10,15H,2H2,1,3-6H3,(H,18,20). The molecule has 0 aromatic heterocycles. The highest BCUT2D eigenvalue weighted by Crippen LogP contribution is 2.23. The normalized spacial score (nSPS) is 12.4. The topological polar surface area (TPSA) is 55.4 Å². The fourth-order valence-corrected chi connectivity index (χ4v) is 1.85. The molecule has 4 nitrogen and oxygen atoms in total. The zero-order valence-corrected chi connectivity index (χ0v) is 13.3. The lowest BCUT2D eigenvalue weighted by molar-refractivity contribution is -0.113. The van der Waals surface area contributed by atoms with Gasteiger partial charge in [-0.05, 0) is 40.2 Å². The Morgan fingerprint density at radius 2 is 1.90 bits per heavy atom. The maximum Gasteiger partial charge on any atom is 0.408 e. The van der Waals surface area contributed by atoms with Crippen LogP contribution < -0.4 is 5.32 Å². The van der Waals surface area contributed by atoms with Gasteiger partial charge in [-0.25, -0.2) is 4.79 Å². The van der Waals surface area contributed by atoms with Gasteiger partial charge in [0.1, 0.15) is 5.60 Å². The molecule has 1 aromatic rings. The molecule has 1 amide bonds. The van der Waals surface area contributed by atoms with E-state index < -0.39 is 17.7 Å². The Balaban J connectivity index is 3.02. The number of aryl methyl sites for hydroxylation is 1. The Kier molecular flexibility index (Phi) is 5.30. The summed E-state index contributed by atoms with van der Waals surface area (Å²) in [5.74, 6) is -0.169. The van der Waals surface area contributed by atoms with Gasteiger partial charge >= 0.3 is 6.09 Å². The van der Waals surface area contributed by atoms with E-state index in [9.17, 15) is 9.59 Å². The Labute approximate surface area is 126 Å². The number of carbonyl (C=O) groups excluding carboxylic acids is 2. The molecule has 0 aliphatic heterocycles. The third-order valence-electron chi connectivity index (χ3n) is 2.84. The summed E-state index contributed by atoms with van der Waals surface area (Å²) >= 11 is 0. The second-order valence-corrected chi connectivity index (χ2v) is 6.07. The predicted molar refractivity (Wildman–Crippen MR) is 83.1 cm³/mol. The fourth-order valence-electron chi connectivity index (χ4n) is 1.85. The highest BCUT2D eigenvalue weighted by molar-refractivity contribution is 5.94. The van der Waals surface area contributed by atoms with E-state index >= 15 is 0 Å². The van der Waals surface area contributed by atoms with Crippen LogP contribution in [0.15, 0.2) is 36.4 Å². The molecule has 1 rings (SSSR count). The second kappa shape index (κ2) is 6.57. The minimum absolute atomic E-state index is 0.169. The number of hydrogen-bond acceptors (Lipinski definition) is 3. The van der Waals surface area contributed by atoms with Crippen molar-refractivity contribution in [3.05, 3.63) is 47.5 Å². The third-order valence-corrected chi connectivity index (χ3v) is 2.84. The number of Topliss-reactive ketones (excluding diaryl/α,β-unsaturated/α-hetero) is 1. The van der Waals surface area contributed by atoms with Crippen LogP contribution in [-0.4, -0.2) is 17.5 Å². The van der Waals surface area contributed by atoms with E-state index in [1.165, 1.54) is 6.92 Å². The summed E-state index contributed by atoms with van der Waals surface area (Å²) in [4.78, 5) is 23.6. The van der Waals surface area contributed by atoms with Crippen LogP contribution in [0.2, 0.25) is 0 Å². The van der Waals surface area contributed by atoms with Crippen molar-refractivity contribution in [1.82, 2.24) is 5.32 Å². The van der Waals surface area contributed by atoms with Gasteiger partial charge in [-0.2, -0.15) is 0 Å². The zero-order chi connectivity index (χ0) is 16.2. The Hall–Kier alpha value is -2.10. The van der Waals surface area contributed by atoms with E-state index in [1.807, 2.05) is 31.2 Å². The van der Waals surface area contributed by atoms with Gasteiger partial charge in [0.2, 0.25) is 0 Å². The van der Waals surface area contributed by atoms with Gasteiger partial charge < -0.3 is 10.1 Å². The molecule has 0 saturated carbocycles. The summed E-state index contributed by atoms with van der Waals surface area (Å²) in [6.45, 7) is 12.5. The van der Waals surface area contributed by atoms with Crippen molar-refractivity contribution < 1.29 is 14.3 Å². The van der Waals surface area contributed by atoms with E-state index in [0.717, 1.165) is 11.1 Å². The summed E-state index contributed by atoms with van der Waals surface area (Å²) in [5, 5.41) is 2.72. The fraction of sp³-hybridized carbons (Fsp3) is 0.412. The van der Waals surface area contributed by atoms with Gasteiger partial charge in [-0.15, -0.1) is 0 Å². The number of benzene rings is 1. The number of carbonyl (C=O) groups is 2. The van der Waals surface area contributed by atoms with E-state index in [2.05, 4.69) is 11.9 Å². The molecule has 4 heteroatoms. The average molecular weight is 289 g/mol. The van der Waals surface area contributed by atoms with Crippen molar-refractivity contribution in [3.63, 3.8) is 0 Å². The maximum absolute atomic E-state index is 12.0. The first-order valence-electron chi connectivity index (χ1n) is 6.86. The van der Waals surface area contributed by atoms with E-state index in [4.69, 9.17) is 4.74 Å². The molecule has 0 spiro atoms. The maximum atomic E-state index is 12.0. The molecule has 1 atom stereocenters. The largest absolute Gasteiger partial charge is 0.444 e. The number of ketones is 1. The monoisotopic (exact) mass is 289 g/mol. The molecule has 0 heterocycles. The molecular formula is C17H23NO3. The van der Waals surface area contributed by atoms with Crippen LogP contribution in [0.4, 0.5) is 4.79 Å². The summed E-state index contributed by atoms with van der Waals surface area (Å²) in [7, 11) is 0. The summed E-state index contributed by atoms with van der Waals surface area (Å²) < 4.78 is 5.25. The predicted octanol–water partition coefficient (Wildman–Crippen LogP) is 3.71. The van der Waals surface area contributed by atoms with Crippen LogP contribution in [0.5, 0.6) is 0 Å². The smallest absolute Gasteiger partial charge is 0.408 e. The molecule has 0 saturated heterocycles. The quantitative estimate of drug-likeness (QED) is 0.860. The third kappa shape index (κ3) is 5.42. The highest BCUT2D eigenvalue weighted by atomic mass is 16.6. The van der Waals surface area contributed by atoms with Gasteiger partial charge in [-0.3, -0.25) is 4.79 Å². The lowest BCUT2D eigenvalue weighted by Gasteiger charge is -2.24. The van der Waals surface area contributed by atoms with Crippen LogP contribution in [0.1, 0.15) is 44.9 Å². The molecule has 1 aromatic carbocycles. The Bertz CT molecular complexity index is 555. The van der Waals surface area contributed by atoms with E-state index in [1.54, 1.807) is 20.8 Å². The first-order chi connectivity index (χ1) is 9.60. The van der Waals surface area contributed by atoms with E-state index in [0.29, 0.717) is 5.57 Å². The van der Waals surface area contributed by atoms with Crippen molar-refractivity contribution >= 4 is 11.9 Å². The van der Waals surface area contributed by atoms with Crippen molar-refractivity contribution in [3.8, 4) is 0 Å². The van der Waals surface area contributed by atoms with Crippen molar-refractivity contribution in [1.29, 1.82) is 0 Å². The van der Waals surface area contributed by atoms with Crippen LogP contribution in [0.3, 0.4) is 0 Å². The van der Waals surface area contributed by atoms with Crippen LogP contribution in [0, 0.1) is 6.92 Å². The molecule has 0 radical (unpaired) electrons. The number of hydrogen-bond donors (Lipinski definition) is 1. The lowest BCUT2D eigenvalue weighted by Crippen LogP contribution is -2.36. The Morgan fingerprint density at radius 1 is 1.29 bits per heavy atom. The van der Waals surface area contributed by atoms with Gasteiger partial charge in [0.15, 0.2) is 5.78 Å². The summed E-state index contributed by atoms with van der Waals surface area (Å²) in [6.07, 6.45) is -0.573. The number of ether oxygens (including phenoxy) is 1. The number of amides is 1. The minimum atomic E-state index is -0.598. The van der Waals surface area contributed by atoms with Crippen molar-refractivity contribution in [2.24, 2.45) is 0 Å². The summed E-state index contributed by atoms with van der Waals surface area (Å²) in [6, 6.07) is 7.00. The number of rotatable bonds is 4. The first-order valence-corrected chi connectivity index (χ1v) is 6.86. The number of alkyl carbamates (subject to hydrolysis) is 1. The van der Waals surface area contributed by atoms with Gasteiger partial charge in [0, 0.05) is 5.57 Å². The van der Waals surface area contributed by atoms with Gasteiger partial charge in [0.05, 0.1) is 6.04 Å². The number of nitrogens with one attached hydrogen (secondary N) is 1. The second-order valence-electron chi connectivity index (χ2n) is 6.07. The first kappa shape index (κ1) is 17.0. The van der Waals surface area contributed by atoms with Gasteiger partial charge in [0.25, 0.3) is 0 Å². The Morgan fingerprint density at radius 3 is 2.38 bits per heavy atom. The molecule has 0 fully saturated rings. The lowest BCUT2D eigenvalue weighted by atomic mass is 9.96. The zero-order valence-electron chi connectivity index (χ0n) is 13.3. The molecule has 21 heavy (non-hydrogen) atoms. The van der Waals surface area contributed by atoms with Gasteiger partial charge in [-0.1, -0.05) is 36.4 Å². The molecular weight excluding hydrogens is 266 g/mol. The van der Waals surface area contributed by atoms with Crippen LogP contribution in [-0.2, 0) is 9.53 Å². The van der Waals surface area contributed by atoms with Crippen molar-refractivity contribution in [2.75, 3.05) is 0 Å². The minimum Gasteiger partial charge on any atom is -0.444 e. The van der Waals surface area contributed by atoms with Crippen molar-refractivity contribution in [2.45, 2.75) is 46.3 Å². The molecule has 0 aliphatic carbocycles. The van der Waals surface area contributed by atoms with Crippen LogP contribution in [0.25, 0.3) is 0 Å².